The van der Waals surface area contributed by atoms with Crippen molar-refractivity contribution in [2.24, 2.45) is 5.41 Å². The lowest BCUT2D eigenvalue weighted by Crippen LogP contribution is -2.63. The number of amides is 1. The van der Waals surface area contributed by atoms with Gasteiger partial charge in [0.05, 0.1) is 0 Å². The van der Waals surface area contributed by atoms with E-state index in [0.717, 1.165) is 26.2 Å². The van der Waals surface area contributed by atoms with E-state index >= 15 is 0 Å². The van der Waals surface area contributed by atoms with Gasteiger partial charge in [0.15, 0.2) is 0 Å². The number of likely N-dealkylation sites (N-methyl/N-ethyl adjacent to an activating group) is 1. The normalized spacial score (nSPS) is 31.9. The Hall–Kier alpha value is -0.610. The molecule has 4 nitrogen and oxygen atoms in total. The van der Waals surface area contributed by atoms with Crippen LogP contribution in [0.1, 0.15) is 46.5 Å². The molecule has 0 aromatic carbocycles. The quantitative estimate of drug-likeness (QED) is 0.811. The second-order valence-electron chi connectivity index (χ2n) is 6.60. The average molecular weight is 267 g/mol. The van der Waals surface area contributed by atoms with Gasteiger partial charge in [-0.05, 0) is 25.2 Å². The molecule has 1 amide bonds. The molecule has 1 heterocycles. The first kappa shape index (κ1) is 14.8. The van der Waals surface area contributed by atoms with Crippen molar-refractivity contribution < 1.29 is 4.79 Å². The molecule has 0 bridgehead atoms. The lowest BCUT2D eigenvalue weighted by atomic mass is 9.72. The SMILES string of the molecule is CCNC(=O)C1CNCCN1C1CCCCC1(C)C. The van der Waals surface area contributed by atoms with Gasteiger partial charge in [-0.15, -0.1) is 0 Å². The number of carbonyl (C=O) groups excluding carboxylic acids is 1. The van der Waals surface area contributed by atoms with Crippen LogP contribution in [0.15, 0.2) is 0 Å². The molecular formula is C15H29N3O. The number of hydrogen-bond donors (Lipinski definition) is 2. The summed E-state index contributed by atoms with van der Waals surface area (Å²) >= 11 is 0. The maximum absolute atomic E-state index is 12.3. The zero-order valence-electron chi connectivity index (χ0n) is 12.7. The molecule has 1 saturated heterocycles. The smallest absolute Gasteiger partial charge is 0.238 e. The van der Waals surface area contributed by atoms with E-state index in [9.17, 15) is 4.79 Å². The predicted octanol–water partition coefficient (Wildman–Crippen LogP) is 1.37. The monoisotopic (exact) mass is 267 g/mol. The van der Waals surface area contributed by atoms with Gasteiger partial charge in [-0.3, -0.25) is 9.69 Å². The fourth-order valence-corrected chi connectivity index (χ4v) is 3.72. The van der Waals surface area contributed by atoms with Crippen molar-refractivity contribution in [3.63, 3.8) is 0 Å². The number of hydrogen-bond acceptors (Lipinski definition) is 3. The Morgan fingerprint density at radius 2 is 2.21 bits per heavy atom. The van der Waals surface area contributed by atoms with Crippen LogP contribution in [0.3, 0.4) is 0 Å². The van der Waals surface area contributed by atoms with Crippen LogP contribution >= 0.6 is 0 Å². The number of piperazine rings is 1. The minimum absolute atomic E-state index is 0.0103. The summed E-state index contributed by atoms with van der Waals surface area (Å²) in [4.78, 5) is 14.7. The van der Waals surface area contributed by atoms with Crippen molar-refractivity contribution >= 4 is 5.91 Å². The Bertz CT molecular complexity index is 317. The van der Waals surface area contributed by atoms with Crippen LogP contribution in [0.5, 0.6) is 0 Å². The van der Waals surface area contributed by atoms with E-state index < -0.39 is 0 Å². The van der Waals surface area contributed by atoms with Crippen LogP contribution in [-0.4, -0.2) is 49.1 Å². The van der Waals surface area contributed by atoms with Gasteiger partial charge >= 0.3 is 0 Å². The number of rotatable bonds is 3. The van der Waals surface area contributed by atoms with E-state index in [4.69, 9.17) is 0 Å². The molecule has 2 aliphatic rings. The number of carbonyl (C=O) groups is 1. The third kappa shape index (κ3) is 3.29. The van der Waals surface area contributed by atoms with E-state index in [-0.39, 0.29) is 11.9 Å². The van der Waals surface area contributed by atoms with E-state index in [1.54, 1.807) is 0 Å². The van der Waals surface area contributed by atoms with E-state index in [1.165, 1.54) is 25.7 Å². The average Bonchev–Trinajstić information content (AvgIpc) is 2.38. The van der Waals surface area contributed by atoms with Gasteiger partial charge < -0.3 is 10.6 Å². The van der Waals surface area contributed by atoms with Crippen molar-refractivity contribution in [1.82, 2.24) is 15.5 Å². The van der Waals surface area contributed by atoms with Crippen molar-refractivity contribution in [3.8, 4) is 0 Å². The molecule has 1 saturated carbocycles. The maximum atomic E-state index is 12.3. The minimum atomic E-state index is 0.0103. The fraction of sp³-hybridized carbons (Fsp3) is 0.933. The molecule has 0 aromatic rings. The predicted molar refractivity (Wildman–Crippen MR) is 78.1 cm³/mol. The van der Waals surface area contributed by atoms with Crippen molar-refractivity contribution in [3.05, 3.63) is 0 Å². The first-order valence-electron chi connectivity index (χ1n) is 7.80. The Balaban J connectivity index is 2.12. The van der Waals surface area contributed by atoms with Gasteiger partial charge in [-0.1, -0.05) is 26.7 Å². The van der Waals surface area contributed by atoms with Crippen LogP contribution < -0.4 is 10.6 Å². The minimum Gasteiger partial charge on any atom is -0.355 e. The molecule has 0 spiro atoms. The second kappa shape index (κ2) is 6.23. The molecule has 2 atom stereocenters. The first-order chi connectivity index (χ1) is 9.06. The summed E-state index contributed by atoms with van der Waals surface area (Å²) in [6.07, 6.45) is 5.16. The molecule has 4 heteroatoms. The summed E-state index contributed by atoms with van der Waals surface area (Å²) in [6, 6.07) is 0.562. The molecule has 0 aromatic heterocycles. The highest BCUT2D eigenvalue weighted by atomic mass is 16.2. The summed E-state index contributed by atoms with van der Waals surface area (Å²) < 4.78 is 0. The fourth-order valence-electron chi connectivity index (χ4n) is 3.72. The number of nitrogens with one attached hydrogen (secondary N) is 2. The van der Waals surface area contributed by atoms with Crippen LogP contribution in [0.25, 0.3) is 0 Å². The lowest BCUT2D eigenvalue weighted by Gasteiger charge is -2.49. The summed E-state index contributed by atoms with van der Waals surface area (Å²) in [5.41, 5.74) is 0.334. The Morgan fingerprint density at radius 1 is 1.42 bits per heavy atom. The second-order valence-corrected chi connectivity index (χ2v) is 6.60. The molecule has 2 fully saturated rings. The highest BCUT2D eigenvalue weighted by molar-refractivity contribution is 5.82. The maximum Gasteiger partial charge on any atom is 0.238 e. The van der Waals surface area contributed by atoms with E-state index in [1.807, 2.05) is 6.92 Å². The Morgan fingerprint density at radius 3 is 2.89 bits per heavy atom. The zero-order chi connectivity index (χ0) is 13.9. The van der Waals surface area contributed by atoms with Gasteiger partial charge in [0.1, 0.15) is 6.04 Å². The molecule has 2 unspecified atom stereocenters. The van der Waals surface area contributed by atoms with Gasteiger partial charge in [0.2, 0.25) is 5.91 Å². The molecular weight excluding hydrogens is 238 g/mol. The van der Waals surface area contributed by atoms with Crippen LogP contribution in [0.4, 0.5) is 0 Å². The van der Waals surface area contributed by atoms with Crippen molar-refractivity contribution in [2.75, 3.05) is 26.2 Å². The van der Waals surface area contributed by atoms with Gasteiger partial charge in [-0.25, -0.2) is 0 Å². The van der Waals surface area contributed by atoms with E-state index in [0.29, 0.717) is 11.5 Å². The third-order valence-corrected chi connectivity index (χ3v) is 4.79. The molecule has 1 aliphatic carbocycles. The molecule has 0 radical (unpaired) electrons. The van der Waals surface area contributed by atoms with Crippen LogP contribution in [-0.2, 0) is 4.79 Å². The highest BCUT2D eigenvalue weighted by Gasteiger charge is 2.41. The lowest BCUT2D eigenvalue weighted by molar-refractivity contribution is -0.130. The standard InChI is InChI=1S/C15H29N3O/c1-4-17-14(19)12-11-16-9-10-18(12)13-7-5-6-8-15(13,2)3/h12-13,16H,4-11H2,1-3H3,(H,17,19). The van der Waals surface area contributed by atoms with Gasteiger partial charge in [0, 0.05) is 32.2 Å². The zero-order valence-corrected chi connectivity index (χ0v) is 12.7. The van der Waals surface area contributed by atoms with E-state index in [2.05, 4.69) is 29.4 Å². The molecule has 1 aliphatic heterocycles. The molecule has 2 rings (SSSR count). The summed E-state index contributed by atoms with van der Waals surface area (Å²) in [5.74, 6) is 0.191. The summed E-state index contributed by atoms with van der Waals surface area (Å²) in [7, 11) is 0. The van der Waals surface area contributed by atoms with Crippen LogP contribution in [0, 0.1) is 5.41 Å². The Kier molecular flexibility index (Phi) is 4.85. The topological polar surface area (TPSA) is 44.4 Å². The van der Waals surface area contributed by atoms with Gasteiger partial charge in [0.25, 0.3) is 0 Å². The molecule has 2 N–H and O–H groups in total. The largest absolute Gasteiger partial charge is 0.355 e. The van der Waals surface area contributed by atoms with Crippen molar-refractivity contribution in [1.29, 1.82) is 0 Å². The van der Waals surface area contributed by atoms with Crippen LogP contribution in [0.2, 0.25) is 0 Å². The van der Waals surface area contributed by atoms with Gasteiger partial charge in [-0.2, -0.15) is 0 Å². The third-order valence-electron chi connectivity index (χ3n) is 4.79. The highest BCUT2D eigenvalue weighted by Crippen LogP contribution is 2.39. The molecule has 19 heavy (non-hydrogen) atoms. The Labute approximate surface area is 117 Å². The first-order valence-corrected chi connectivity index (χ1v) is 7.80. The summed E-state index contributed by atoms with van der Waals surface area (Å²) in [6.45, 7) is 10.2. The summed E-state index contributed by atoms with van der Waals surface area (Å²) in [5, 5.41) is 6.36. The van der Waals surface area contributed by atoms with Crippen molar-refractivity contribution in [2.45, 2.75) is 58.5 Å². The molecule has 110 valence electrons. The number of nitrogens with zero attached hydrogens (tertiary/aromatic N) is 1.